The van der Waals surface area contributed by atoms with Crippen LogP contribution in [0, 0.1) is 11.3 Å². The molecule has 7 heteroatoms. The summed E-state index contributed by atoms with van der Waals surface area (Å²) in [5.41, 5.74) is 1.57. The summed E-state index contributed by atoms with van der Waals surface area (Å²) in [6.07, 6.45) is -0.646. The smallest absolute Gasteiger partial charge is 0.191 e. The average Bonchev–Trinajstić information content (AvgIpc) is 3.06. The molecule has 0 unspecified atom stereocenters. The van der Waals surface area contributed by atoms with Gasteiger partial charge in [-0.15, -0.1) is 10.2 Å². The van der Waals surface area contributed by atoms with E-state index in [1.54, 1.807) is 24.3 Å². The second-order valence-corrected chi connectivity index (χ2v) is 6.63. The lowest BCUT2D eigenvalue weighted by Crippen LogP contribution is -2.20. The van der Waals surface area contributed by atoms with Crippen molar-refractivity contribution in [1.29, 1.82) is 5.26 Å². The molecule has 1 aromatic heterocycles. The van der Waals surface area contributed by atoms with E-state index in [9.17, 15) is 5.11 Å². The normalized spacial score (nSPS) is 11.7. The molecule has 0 saturated carbocycles. The van der Waals surface area contributed by atoms with Gasteiger partial charge in [-0.3, -0.25) is 0 Å². The van der Waals surface area contributed by atoms with Crippen LogP contribution < -0.4 is 4.74 Å². The van der Waals surface area contributed by atoms with E-state index in [1.165, 1.54) is 11.8 Å². The van der Waals surface area contributed by atoms with Crippen molar-refractivity contribution < 1.29 is 9.84 Å². The summed E-state index contributed by atoms with van der Waals surface area (Å²) in [6.45, 7) is 0.169. The van der Waals surface area contributed by atoms with Crippen molar-refractivity contribution in [3.8, 4) is 23.2 Å². The average molecular weight is 366 g/mol. The van der Waals surface area contributed by atoms with Crippen LogP contribution in [0.5, 0.6) is 5.75 Å². The minimum Gasteiger partial charge on any atom is -0.491 e. The summed E-state index contributed by atoms with van der Waals surface area (Å²) in [5, 5.41) is 28.1. The van der Waals surface area contributed by atoms with E-state index in [0.717, 1.165) is 16.5 Å². The fourth-order valence-corrected chi connectivity index (χ4v) is 3.13. The Bertz CT molecular complexity index is 888. The highest BCUT2D eigenvalue weighted by atomic mass is 32.2. The number of ether oxygens (including phenoxy) is 1. The predicted octanol–water partition coefficient (Wildman–Crippen LogP) is 2.89. The van der Waals surface area contributed by atoms with Gasteiger partial charge in [0.05, 0.1) is 17.7 Å². The van der Waals surface area contributed by atoms with Gasteiger partial charge in [0.1, 0.15) is 12.4 Å². The Balaban J connectivity index is 1.52. The van der Waals surface area contributed by atoms with Gasteiger partial charge in [-0.25, -0.2) is 0 Å². The molecule has 0 aliphatic carbocycles. The van der Waals surface area contributed by atoms with Crippen LogP contribution in [0.15, 0.2) is 59.8 Å². The summed E-state index contributed by atoms with van der Waals surface area (Å²) in [6, 6.07) is 18.7. The molecule has 0 radical (unpaired) electrons. The van der Waals surface area contributed by atoms with E-state index in [1.807, 2.05) is 41.9 Å². The van der Waals surface area contributed by atoms with Gasteiger partial charge in [0, 0.05) is 18.4 Å². The van der Waals surface area contributed by atoms with E-state index >= 15 is 0 Å². The Morgan fingerprint density at radius 3 is 2.58 bits per heavy atom. The first-order valence-corrected chi connectivity index (χ1v) is 9.04. The quantitative estimate of drug-likeness (QED) is 0.647. The third-order valence-corrected chi connectivity index (χ3v) is 4.86. The van der Waals surface area contributed by atoms with Crippen molar-refractivity contribution in [1.82, 2.24) is 14.8 Å². The lowest BCUT2D eigenvalue weighted by atomic mass is 10.2. The Morgan fingerprint density at radius 2 is 1.88 bits per heavy atom. The van der Waals surface area contributed by atoms with Gasteiger partial charge < -0.3 is 14.4 Å². The van der Waals surface area contributed by atoms with Crippen LogP contribution in [-0.4, -0.2) is 38.3 Å². The molecule has 1 N–H and O–H groups in total. The van der Waals surface area contributed by atoms with Gasteiger partial charge in [-0.1, -0.05) is 42.1 Å². The molecule has 3 rings (SSSR count). The highest BCUT2D eigenvalue weighted by Crippen LogP contribution is 2.23. The van der Waals surface area contributed by atoms with Gasteiger partial charge >= 0.3 is 0 Å². The van der Waals surface area contributed by atoms with Crippen molar-refractivity contribution in [2.24, 2.45) is 7.05 Å². The van der Waals surface area contributed by atoms with Crippen LogP contribution in [0.1, 0.15) is 5.56 Å². The topological polar surface area (TPSA) is 84.0 Å². The number of thioether (sulfide) groups is 1. The van der Waals surface area contributed by atoms with Gasteiger partial charge in [0.25, 0.3) is 0 Å². The minimum absolute atomic E-state index is 0.169. The standard InChI is InChI=1S/C19H18N4O2S/c1-23-18(15-5-3-2-4-6-15)21-22-19(23)26-13-16(24)12-25-17-9-7-14(11-20)8-10-17/h2-10,16,24H,12-13H2,1H3/t16-/m0/s1. The van der Waals surface area contributed by atoms with Gasteiger partial charge in [-0.05, 0) is 24.3 Å². The third-order valence-electron chi connectivity index (χ3n) is 3.70. The zero-order valence-corrected chi connectivity index (χ0v) is 15.1. The van der Waals surface area contributed by atoms with Crippen molar-refractivity contribution in [3.63, 3.8) is 0 Å². The van der Waals surface area contributed by atoms with Crippen molar-refractivity contribution in [2.45, 2.75) is 11.3 Å². The lowest BCUT2D eigenvalue weighted by molar-refractivity contribution is 0.126. The molecule has 0 amide bonds. The maximum absolute atomic E-state index is 10.1. The molecular formula is C19H18N4O2S. The van der Waals surface area contributed by atoms with E-state index in [0.29, 0.717) is 17.1 Å². The maximum atomic E-state index is 10.1. The van der Waals surface area contributed by atoms with Gasteiger partial charge in [0.2, 0.25) is 0 Å². The van der Waals surface area contributed by atoms with E-state index in [2.05, 4.69) is 16.3 Å². The molecule has 1 atom stereocenters. The predicted molar refractivity (Wildman–Crippen MR) is 99.8 cm³/mol. The molecule has 3 aromatic rings. The molecule has 132 valence electrons. The summed E-state index contributed by atoms with van der Waals surface area (Å²) in [7, 11) is 1.91. The van der Waals surface area contributed by atoms with E-state index in [-0.39, 0.29) is 6.61 Å². The fraction of sp³-hybridized carbons (Fsp3) is 0.211. The number of hydrogen-bond donors (Lipinski definition) is 1. The second kappa shape index (κ2) is 8.52. The number of aliphatic hydroxyl groups is 1. The molecule has 0 bridgehead atoms. The Kier molecular flexibility index (Phi) is 5.89. The number of aromatic nitrogens is 3. The summed E-state index contributed by atoms with van der Waals surface area (Å²) < 4.78 is 7.46. The third kappa shape index (κ3) is 4.42. The fourth-order valence-electron chi connectivity index (χ4n) is 2.32. The SMILES string of the molecule is Cn1c(SC[C@@H](O)COc2ccc(C#N)cc2)nnc1-c1ccccc1. The van der Waals surface area contributed by atoms with Crippen molar-refractivity contribution >= 4 is 11.8 Å². The molecular weight excluding hydrogens is 348 g/mol. The van der Waals surface area contributed by atoms with Crippen LogP contribution >= 0.6 is 11.8 Å². The first-order chi connectivity index (χ1) is 12.7. The highest BCUT2D eigenvalue weighted by Gasteiger charge is 2.13. The molecule has 26 heavy (non-hydrogen) atoms. The summed E-state index contributed by atoms with van der Waals surface area (Å²) >= 11 is 1.43. The zero-order valence-electron chi connectivity index (χ0n) is 14.2. The molecule has 1 heterocycles. The van der Waals surface area contributed by atoms with Gasteiger partial charge in [0.15, 0.2) is 11.0 Å². The summed E-state index contributed by atoms with van der Waals surface area (Å²) in [4.78, 5) is 0. The first kappa shape index (κ1) is 18.0. The molecule has 2 aromatic carbocycles. The van der Waals surface area contributed by atoms with Gasteiger partial charge in [-0.2, -0.15) is 5.26 Å². The van der Waals surface area contributed by atoms with Crippen LogP contribution in [-0.2, 0) is 7.05 Å². The summed E-state index contributed by atoms with van der Waals surface area (Å²) in [5.74, 6) is 1.85. The van der Waals surface area contributed by atoms with Crippen molar-refractivity contribution in [2.75, 3.05) is 12.4 Å². The lowest BCUT2D eigenvalue weighted by Gasteiger charge is -2.12. The first-order valence-electron chi connectivity index (χ1n) is 8.06. The van der Waals surface area contributed by atoms with Crippen LogP contribution in [0.25, 0.3) is 11.4 Å². The number of hydrogen-bond acceptors (Lipinski definition) is 6. The molecule has 6 nitrogen and oxygen atoms in total. The van der Waals surface area contributed by atoms with E-state index in [4.69, 9.17) is 10.00 Å². The number of rotatable bonds is 7. The number of nitrogens with zero attached hydrogens (tertiary/aromatic N) is 4. The van der Waals surface area contributed by atoms with Crippen LogP contribution in [0.2, 0.25) is 0 Å². The highest BCUT2D eigenvalue weighted by molar-refractivity contribution is 7.99. The number of nitriles is 1. The number of aliphatic hydroxyl groups excluding tert-OH is 1. The maximum Gasteiger partial charge on any atom is 0.191 e. The van der Waals surface area contributed by atoms with Crippen LogP contribution in [0.4, 0.5) is 0 Å². The Morgan fingerprint density at radius 1 is 1.15 bits per heavy atom. The molecule has 0 saturated heterocycles. The Labute approximate surface area is 156 Å². The second-order valence-electron chi connectivity index (χ2n) is 5.64. The zero-order chi connectivity index (χ0) is 18.4. The minimum atomic E-state index is -0.646. The monoisotopic (exact) mass is 366 g/mol. The van der Waals surface area contributed by atoms with Crippen molar-refractivity contribution in [3.05, 3.63) is 60.2 Å². The molecule has 0 aliphatic heterocycles. The molecule has 0 spiro atoms. The molecule has 0 fully saturated rings. The molecule has 0 aliphatic rings. The van der Waals surface area contributed by atoms with Crippen LogP contribution in [0.3, 0.4) is 0 Å². The largest absolute Gasteiger partial charge is 0.491 e. The van der Waals surface area contributed by atoms with E-state index < -0.39 is 6.10 Å². The Hall–Kier alpha value is -2.82. The number of benzene rings is 2.